The van der Waals surface area contributed by atoms with Gasteiger partial charge in [0.15, 0.2) is 11.6 Å². The van der Waals surface area contributed by atoms with Gasteiger partial charge in [-0.15, -0.1) is 0 Å². The zero-order valence-corrected chi connectivity index (χ0v) is 20.2. The Morgan fingerprint density at radius 3 is 2.68 bits per heavy atom. The van der Waals surface area contributed by atoms with Crippen LogP contribution in [-0.4, -0.2) is 57.7 Å². The minimum absolute atomic E-state index is 0.287. The van der Waals surface area contributed by atoms with Gasteiger partial charge in [0, 0.05) is 23.5 Å². The van der Waals surface area contributed by atoms with Gasteiger partial charge in [0.1, 0.15) is 10.8 Å². The summed E-state index contributed by atoms with van der Waals surface area (Å²) in [4.78, 5) is 22.1. The van der Waals surface area contributed by atoms with Crippen molar-refractivity contribution in [2.45, 2.75) is 32.6 Å². The van der Waals surface area contributed by atoms with Gasteiger partial charge in [-0.2, -0.15) is 10.1 Å². The third-order valence-corrected chi connectivity index (χ3v) is 6.20. The molecular weight excluding hydrogens is 456 g/mol. The summed E-state index contributed by atoms with van der Waals surface area (Å²) in [6.45, 7) is 5.93. The Morgan fingerprint density at radius 1 is 1.26 bits per heavy atom. The molecular formula is C23H29ClN8O2. The van der Waals surface area contributed by atoms with Crippen molar-refractivity contribution in [3.8, 4) is 5.75 Å². The topological polar surface area (TPSA) is 134 Å². The van der Waals surface area contributed by atoms with Crippen molar-refractivity contribution >= 4 is 40.8 Å². The smallest absolute Gasteiger partial charge is 0.231 e. The molecule has 34 heavy (non-hydrogen) atoms. The highest BCUT2D eigenvalue weighted by atomic mass is 35.5. The van der Waals surface area contributed by atoms with E-state index in [0.29, 0.717) is 35.1 Å². The van der Waals surface area contributed by atoms with E-state index >= 15 is 0 Å². The second-order valence-electron chi connectivity index (χ2n) is 8.50. The molecule has 1 saturated heterocycles. The fourth-order valence-electron chi connectivity index (χ4n) is 4.20. The minimum Gasteiger partial charge on any atom is -0.496 e. The van der Waals surface area contributed by atoms with Crippen LogP contribution in [0, 0.1) is 13.8 Å². The highest BCUT2D eigenvalue weighted by Crippen LogP contribution is 2.38. The van der Waals surface area contributed by atoms with E-state index in [0.717, 1.165) is 54.2 Å². The molecule has 5 N–H and O–H groups in total. The first-order valence-electron chi connectivity index (χ1n) is 11.1. The van der Waals surface area contributed by atoms with Crippen LogP contribution in [0.4, 0.5) is 23.3 Å². The number of carbonyl (C=O) groups excluding carboxylic acids is 1. The number of rotatable bonds is 8. The van der Waals surface area contributed by atoms with Crippen LogP contribution >= 0.6 is 11.6 Å². The number of benzene rings is 1. The molecule has 1 fully saturated rings. The molecule has 0 saturated carbocycles. The Kier molecular flexibility index (Phi) is 7.18. The van der Waals surface area contributed by atoms with Crippen LogP contribution < -0.4 is 21.1 Å². The van der Waals surface area contributed by atoms with Crippen LogP contribution in [-0.2, 0) is 4.79 Å². The fraction of sp³-hybridized carbons (Fsp3) is 0.391. The van der Waals surface area contributed by atoms with E-state index in [-0.39, 0.29) is 5.91 Å². The first kappa shape index (κ1) is 23.8. The van der Waals surface area contributed by atoms with E-state index in [9.17, 15) is 4.79 Å². The average molecular weight is 485 g/mol. The van der Waals surface area contributed by atoms with Gasteiger partial charge in [-0.25, -0.2) is 4.98 Å². The maximum atomic E-state index is 11.2. The summed E-state index contributed by atoms with van der Waals surface area (Å²) >= 11 is 6.28. The predicted octanol–water partition coefficient (Wildman–Crippen LogP) is 3.63. The lowest BCUT2D eigenvalue weighted by atomic mass is 9.87. The molecule has 2 aromatic heterocycles. The van der Waals surface area contributed by atoms with Crippen molar-refractivity contribution in [1.29, 1.82) is 0 Å². The van der Waals surface area contributed by atoms with Crippen molar-refractivity contribution < 1.29 is 9.53 Å². The van der Waals surface area contributed by atoms with Crippen molar-refractivity contribution in [1.82, 2.24) is 25.1 Å². The van der Waals surface area contributed by atoms with E-state index in [1.807, 2.05) is 26.0 Å². The lowest BCUT2D eigenvalue weighted by Crippen LogP contribution is -2.39. The van der Waals surface area contributed by atoms with E-state index in [1.54, 1.807) is 13.3 Å². The van der Waals surface area contributed by atoms with Gasteiger partial charge in [0.05, 0.1) is 19.9 Å². The van der Waals surface area contributed by atoms with Crippen LogP contribution in [0.3, 0.4) is 0 Å². The number of aromatic nitrogens is 4. The number of halogens is 1. The number of methoxy groups -OCH3 is 1. The van der Waals surface area contributed by atoms with Crippen LogP contribution in [0.2, 0.25) is 5.02 Å². The fourth-order valence-corrected chi connectivity index (χ4v) is 4.34. The molecule has 0 bridgehead atoms. The summed E-state index contributed by atoms with van der Waals surface area (Å²) in [6, 6.07) is 5.98. The first-order valence-corrected chi connectivity index (χ1v) is 11.5. The second kappa shape index (κ2) is 10.3. The van der Waals surface area contributed by atoms with Gasteiger partial charge < -0.3 is 21.1 Å². The second-order valence-corrected chi connectivity index (χ2v) is 8.91. The van der Waals surface area contributed by atoms with Gasteiger partial charge in [0.25, 0.3) is 0 Å². The van der Waals surface area contributed by atoms with Crippen molar-refractivity contribution in [2.24, 2.45) is 5.73 Å². The lowest BCUT2D eigenvalue weighted by molar-refractivity contribution is -0.119. The number of anilines is 4. The molecule has 0 radical (unpaired) electrons. The maximum Gasteiger partial charge on any atom is 0.231 e. The molecule has 1 aromatic carbocycles. The molecule has 1 aliphatic heterocycles. The number of nitrogens with one attached hydrogen (secondary N) is 3. The Bertz CT molecular complexity index is 1170. The summed E-state index contributed by atoms with van der Waals surface area (Å²) in [7, 11) is 1.67. The SMILES string of the molecule is COc1cc(Nc2ncc(Cl)c(Nc3cc(C)[nH]n3)n2)c(C)cc1C1CCN(CC(N)=O)CC1. The molecule has 10 nitrogen and oxygen atoms in total. The molecule has 0 aliphatic carbocycles. The van der Waals surface area contributed by atoms with Crippen molar-refractivity contribution in [3.63, 3.8) is 0 Å². The predicted molar refractivity (Wildman–Crippen MR) is 132 cm³/mol. The number of aryl methyl sites for hydroxylation is 2. The summed E-state index contributed by atoms with van der Waals surface area (Å²) in [5, 5.41) is 13.8. The Labute approximate surface area is 203 Å². The van der Waals surface area contributed by atoms with Gasteiger partial charge in [-0.3, -0.25) is 14.8 Å². The number of ether oxygens (including phenoxy) is 1. The molecule has 3 aromatic rings. The number of piperidine rings is 1. The molecule has 11 heteroatoms. The third-order valence-electron chi connectivity index (χ3n) is 5.93. The summed E-state index contributed by atoms with van der Waals surface area (Å²) in [6.07, 6.45) is 3.43. The van der Waals surface area contributed by atoms with E-state index in [2.05, 4.69) is 41.8 Å². The van der Waals surface area contributed by atoms with Gasteiger partial charge in [0.2, 0.25) is 11.9 Å². The number of H-pyrrole nitrogens is 1. The van der Waals surface area contributed by atoms with Crippen LogP contribution in [0.25, 0.3) is 0 Å². The number of aromatic amines is 1. The summed E-state index contributed by atoms with van der Waals surface area (Å²) in [5.74, 6) is 2.34. The average Bonchev–Trinajstić information content (AvgIpc) is 3.22. The largest absolute Gasteiger partial charge is 0.496 e. The zero-order valence-electron chi connectivity index (χ0n) is 19.5. The number of likely N-dealkylation sites (tertiary alicyclic amines) is 1. The highest BCUT2D eigenvalue weighted by molar-refractivity contribution is 6.32. The third kappa shape index (κ3) is 5.57. The Hall–Kier alpha value is -3.37. The molecule has 180 valence electrons. The molecule has 3 heterocycles. The Morgan fingerprint density at radius 2 is 2.03 bits per heavy atom. The molecule has 0 atom stereocenters. The zero-order chi connectivity index (χ0) is 24.2. The number of hydrogen-bond donors (Lipinski definition) is 4. The van der Waals surface area contributed by atoms with E-state index in [4.69, 9.17) is 22.1 Å². The highest BCUT2D eigenvalue weighted by Gasteiger charge is 2.24. The standard InChI is InChI=1S/C23H29ClN8O2/c1-13-8-16(15-4-6-32(7-5-15)12-20(25)33)19(34-3)10-18(13)27-23-26-11-17(24)22(29-23)28-21-9-14(2)30-31-21/h8-11,15H,4-7,12H2,1-3H3,(H2,25,33)(H3,26,27,28,29,30,31). The number of amides is 1. The molecule has 0 spiro atoms. The lowest BCUT2D eigenvalue weighted by Gasteiger charge is -2.32. The molecule has 0 unspecified atom stereocenters. The number of nitrogens with zero attached hydrogens (tertiary/aromatic N) is 4. The van der Waals surface area contributed by atoms with Crippen LogP contribution in [0.5, 0.6) is 5.75 Å². The number of primary amides is 1. The van der Waals surface area contributed by atoms with E-state index < -0.39 is 0 Å². The normalized spacial score (nSPS) is 14.7. The Balaban J connectivity index is 1.51. The van der Waals surface area contributed by atoms with Crippen molar-refractivity contribution in [2.75, 3.05) is 37.4 Å². The van der Waals surface area contributed by atoms with E-state index in [1.165, 1.54) is 0 Å². The monoisotopic (exact) mass is 484 g/mol. The minimum atomic E-state index is -0.287. The molecule has 1 amide bonds. The number of carbonyl (C=O) groups is 1. The van der Waals surface area contributed by atoms with Gasteiger partial charge in [-0.05, 0) is 56.8 Å². The first-order chi connectivity index (χ1) is 16.3. The van der Waals surface area contributed by atoms with Gasteiger partial charge >= 0.3 is 0 Å². The number of hydrogen-bond acceptors (Lipinski definition) is 8. The van der Waals surface area contributed by atoms with Crippen LogP contribution in [0.15, 0.2) is 24.4 Å². The van der Waals surface area contributed by atoms with Crippen molar-refractivity contribution in [3.05, 3.63) is 46.2 Å². The van der Waals surface area contributed by atoms with Crippen LogP contribution in [0.1, 0.15) is 35.6 Å². The quantitative estimate of drug-likeness (QED) is 0.380. The maximum absolute atomic E-state index is 11.2. The van der Waals surface area contributed by atoms with Gasteiger partial charge in [-0.1, -0.05) is 17.7 Å². The molecule has 4 rings (SSSR count). The molecule has 1 aliphatic rings. The number of nitrogens with two attached hydrogens (primary N) is 1. The summed E-state index contributed by atoms with van der Waals surface area (Å²) in [5.41, 5.74) is 9.32. The summed E-state index contributed by atoms with van der Waals surface area (Å²) < 4.78 is 5.73.